The lowest BCUT2D eigenvalue weighted by atomic mass is 10.1. The Balaban J connectivity index is 1.78. The van der Waals surface area contributed by atoms with Crippen LogP contribution in [0.1, 0.15) is 45.4 Å². The molecule has 3 atom stereocenters. The third-order valence-corrected chi connectivity index (χ3v) is 5.56. The van der Waals surface area contributed by atoms with E-state index >= 15 is 0 Å². The molecule has 0 amide bonds. The molecule has 0 aromatic heterocycles. The van der Waals surface area contributed by atoms with Crippen molar-refractivity contribution in [2.75, 3.05) is 25.9 Å². The molecule has 17 heavy (non-hydrogen) atoms. The molecule has 0 aromatic rings. The molecule has 1 N–H and O–H groups in total. The van der Waals surface area contributed by atoms with E-state index in [0.29, 0.717) is 0 Å². The van der Waals surface area contributed by atoms with Crippen LogP contribution in [0, 0.1) is 0 Å². The summed E-state index contributed by atoms with van der Waals surface area (Å²) in [6.45, 7) is 4.85. The maximum absolute atomic E-state index is 3.97. The van der Waals surface area contributed by atoms with Gasteiger partial charge in [0.2, 0.25) is 0 Å². The molecule has 3 unspecified atom stereocenters. The van der Waals surface area contributed by atoms with E-state index in [0.717, 1.165) is 17.3 Å². The minimum atomic E-state index is 0.781. The van der Waals surface area contributed by atoms with Crippen LogP contribution in [0.25, 0.3) is 0 Å². The monoisotopic (exact) mass is 256 g/mol. The van der Waals surface area contributed by atoms with Gasteiger partial charge in [-0.1, -0.05) is 13.3 Å². The molecular formula is C14H28N2S. The molecule has 2 nitrogen and oxygen atoms in total. The van der Waals surface area contributed by atoms with E-state index in [4.69, 9.17) is 0 Å². The van der Waals surface area contributed by atoms with Crippen LogP contribution in [0.15, 0.2) is 0 Å². The van der Waals surface area contributed by atoms with Gasteiger partial charge in [0.15, 0.2) is 0 Å². The van der Waals surface area contributed by atoms with E-state index in [1.807, 2.05) is 0 Å². The van der Waals surface area contributed by atoms with Crippen LogP contribution in [0.5, 0.6) is 0 Å². The Morgan fingerprint density at radius 3 is 2.82 bits per heavy atom. The molecule has 0 aromatic carbocycles. The Bertz CT molecular complexity index is 222. The van der Waals surface area contributed by atoms with Gasteiger partial charge >= 0.3 is 0 Å². The van der Waals surface area contributed by atoms with E-state index in [1.54, 1.807) is 0 Å². The predicted octanol–water partition coefficient (Wildman–Crippen LogP) is 2.73. The van der Waals surface area contributed by atoms with Gasteiger partial charge in [0.05, 0.1) is 0 Å². The second-order valence-corrected chi connectivity index (χ2v) is 7.15. The highest BCUT2D eigenvalue weighted by atomic mass is 32.2. The number of likely N-dealkylation sites (tertiary alicyclic amines) is 1. The molecule has 2 aliphatic rings. The van der Waals surface area contributed by atoms with Crippen LogP contribution >= 0.6 is 11.8 Å². The van der Waals surface area contributed by atoms with Crippen LogP contribution in [0.4, 0.5) is 0 Å². The molecule has 0 radical (unpaired) electrons. The van der Waals surface area contributed by atoms with Crippen molar-refractivity contribution < 1.29 is 0 Å². The largest absolute Gasteiger partial charge is 0.310 e. The molecule has 1 aliphatic carbocycles. The first-order chi connectivity index (χ1) is 8.29. The fourth-order valence-corrected chi connectivity index (χ4v) is 4.45. The number of thioether (sulfide) groups is 1. The SMILES string of the molecule is CCSC1CCCC1NC1CCCN(C)CC1. The molecule has 2 fully saturated rings. The molecule has 100 valence electrons. The van der Waals surface area contributed by atoms with Crippen LogP contribution in [0.3, 0.4) is 0 Å². The summed E-state index contributed by atoms with van der Waals surface area (Å²) in [6, 6.07) is 1.58. The van der Waals surface area contributed by atoms with Crippen molar-refractivity contribution in [1.29, 1.82) is 0 Å². The first-order valence-corrected chi connectivity index (χ1v) is 8.40. The first kappa shape index (κ1) is 13.7. The molecule has 1 heterocycles. The van der Waals surface area contributed by atoms with Crippen LogP contribution < -0.4 is 5.32 Å². The van der Waals surface area contributed by atoms with Crippen LogP contribution in [-0.2, 0) is 0 Å². The van der Waals surface area contributed by atoms with Gasteiger partial charge in [-0.25, -0.2) is 0 Å². The van der Waals surface area contributed by atoms with E-state index in [-0.39, 0.29) is 0 Å². The number of hydrogen-bond acceptors (Lipinski definition) is 3. The molecule has 1 saturated heterocycles. The van der Waals surface area contributed by atoms with E-state index in [1.165, 1.54) is 57.4 Å². The number of nitrogens with one attached hydrogen (secondary N) is 1. The fraction of sp³-hybridized carbons (Fsp3) is 1.00. The summed E-state index contributed by atoms with van der Waals surface area (Å²) in [5.41, 5.74) is 0. The average Bonchev–Trinajstić information content (AvgIpc) is 2.63. The van der Waals surface area contributed by atoms with Gasteiger partial charge in [0.1, 0.15) is 0 Å². The van der Waals surface area contributed by atoms with Crippen molar-refractivity contribution >= 4 is 11.8 Å². The summed E-state index contributed by atoms with van der Waals surface area (Å²) in [4.78, 5) is 2.48. The highest BCUT2D eigenvalue weighted by Gasteiger charge is 2.29. The summed E-state index contributed by atoms with van der Waals surface area (Å²) < 4.78 is 0. The van der Waals surface area contributed by atoms with Crippen LogP contribution in [-0.4, -0.2) is 48.1 Å². The third-order valence-electron chi connectivity index (χ3n) is 4.23. The lowest BCUT2D eigenvalue weighted by Crippen LogP contribution is -2.42. The number of rotatable bonds is 4. The zero-order valence-corrected chi connectivity index (χ0v) is 12.3. The average molecular weight is 256 g/mol. The van der Waals surface area contributed by atoms with E-state index in [9.17, 15) is 0 Å². The Labute approximate surface area is 111 Å². The Kier molecular flexibility index (Phi) is 5.64. The Hall–Kier alpha value is 0.270. The van der Waals surface area contributed by atoms with Crippen molar-refractivity contribution in [3.8, 4) is 0 Å². The maximum atomic E-state index is 3.97. The summed E-state index contributed by atoms with van der Waals surface area (Å²) in [7, 11) is 2.26. The third kappa shape index (κ3) is 4.15. The Morgan fingerprint density at radius 2 is 2.00 bits per heavy atom. The van der Waals surface area contributed by atoms with Crippen molar-refractivity contribution in [1.82, 2.24) is 10.2 Å². The quantitative estimate of drug-likeness (QED) is 0.832. The highest BCUT2D eigenvalue weighted by Crippen LogP contribution is 2.30. The van der Waals surface area contributed by atoms with Crippen molar-refractivity contribution in [3.05, 3.63) is 0 Å². The van der Waals surface area contributed by atoms with Gasteiger partial charge in [-0.05, 0) is 58.0 Å². The second kappa shape index (κ2) is 7.01. The van der Waals surface area contributed by atoms with Gasteiger partial charge in [-0.2, -0.15) is 11.8 Å². The van der Waals surface area contributed by atoms with Crippen molar-refractivity contribution in [3.63, 3.8) is 0 Å². The zero-order chi connectivity index (χ0) is 12.1. The Morgan fingerprint density at radius 1 is 1.12 bits per heavy atom. The molecule has 0 spiro atoms. The lowest BCUT2D eigenvalue weighted by molar-refractivity contribution is 0.339. The number of hydrogen-bond donors (Lipinski definition) is 1. The zero-order valence-electron chi connectivity index (χ0n) is 11.5. The topological polar surface area (TPSA) is 15.3 Å². The van der Waals surface area contributed by atoms with Gasteiger partial charge in [0.25, 0.3) is 0 Å². The molecular weight excluding hydrogens is 228 g/mol. The maximum Gasteiger partial charge on any atom is 0.0201 e. The minimum absolute atomic E-state index is 0.781. The van der Waals surface area contributed by atoms with Gasteiger partial charge in [-0.15, -0.1) is 0 Å². The standard InChI is InChI=1S/C14H28N2S/c1-3-17-14-8-4-7-13(14)15-12-6-5-10-16(2)11-9-12/h12-15H,3-11H2,1-2H3. The van der Waals surface area contributed by atoms with Crippen molar-refractivity contribution in [2.45, 2.75) is 62.8 Å². The lowest BCUT2D eigenvalue weighted by Gasteiger charge is -2.26. The predicted molar refractivity (Wildman–Crippen MR) is 77.8 cm³/mol. The summed E-state index contributed by atoms with van der Waals surface area (Å²) in [5, 5.41) is 4.86. The second-order valence-electron chi connectivity index (χ2n) is 5.63. The fourth-order valence-electron chi connectivity index (χ4n) is 3.24. The van der Waals surface area contributed by atoms with E-state index in [2.05, 4.69) is 35.9 Å². The molecule has 2 rings (SSSR count). The van der Waals surface area contributed by atoms with Crippen molar-refractivity contribution in [2.24, 2.45) is 0 Å². The molecule has 1 aliphatic heterocycles. The molecule has 1 saturated carbocycles. The summed E-state index contributed by atoms with van der Waals surface area (Å²) in [5.74, 6) is 1.27. The van der Waals surface area contributed by atoms with Crippen LogP contribution in [0.2, 0.25) is 0 Å². The molecule has 0 bridgehead atoms. The first-order valence-electron chi connectivity index (χ1n) is 7.35. The van der Waals surface area contributed by atoms with Gasteiger partial charge in [0, 0.05) is 17.3 Å². The van der Waals surface area contributed by atoms with Gasteiger partial charge in [-0.3, -0.25) is 0 Å². The normalized spacial score (nSPS) is 36.0. The van der Waals surface area contributed by atoms with E-state index < -0.39 is 0 Å². The highest BCUT2D eigenvalue weighted by molar-refractivity contribution is 7.99. The van der Waals surface area contributed by atoms with Gasteiger partial charge < -0.3 is 10.2 Å². The minimum Gasteiger partial charge on any atom is -0.310 e. The summed E-state index contributed by atoms with van der Waals surface area (Å²) >= 11 is 2.17. The summed E-state index contributed by atoms with van der Waals surface area (Å²) in [6.07, 6.45) is 8.36. The number of nitrogens with zero attached hydrogens (tertiary/aromatic N) is 1. The molecule has 3 heteroatoms. The smallest absolute Gasteiger partial charge is 0.0201 e.